The molecule has 7 rings (SSSR count). The zero-order chi connectivity index (χ0) is 31.0. The van der Waals surface area contributed by atoms with E-state index in [1.165, 1.54) is 28.1 Å². The monoisotopic (exact) mass is 676 g/mol. The second kappa shape index (κ2) is 10.9. The van der Waals surface area contributed by atoms with Gasteiger partial charge < -0.3 is 30.9 Å². The van der Waals surface area contributed by atoms with Crippen molar-refractivity contribution >= 4 is 60.8 Å². The largest absolute Gasteiger partial charge is 0.472 e. The van der Waals surface area contributed by atoms with Gasteiger partial charge in [-0.15, -0.1) is 0 Å². The number of thiol groups is 1. The molecular weight excluding hydrogens is 653 g/mol. The van der Waals surface area contributed by atoms with Gasteiger partial charge in [0, 0.05) is 0 Å². The molecule has 236 valence electrons. The number of phosphoric acid groups is 1. The van der Waals surface area contributed by atoms with Crippen LogP contribution in [0.1, 0.15) is 12.5 Å². The standard InChI is InChI=1S/C20H23FN10O10P2S/c21-9-13-7(38-19(9)30-5-28-10-15(22)24-3-26-17(10)30)2-37-43(35,44)41-14-8(1-36-42(33,34)40-13)39-20(12(14)32)31-6-29-11-16(23)25-4-27-18(11)31/h3-9,12-14,19-20,32H,1-2H2,(H,33,34)(H,35,44)(H2,22,24,26)(H2,23,25,27)/t7-,8-,9-,12-,13-,14-,19-,20-,43+/m1/s1. The van der Waals surface area contributed by atoms with Gasteiger partial charge in [-0.25, -0.2) is 43.4 Å². The van der Waals surface area contributed by atoms with Crippen LogP contribution in [0.5, 0.6) is 0 Å². The number of ether oxygens (including phenoxy) is 2. The highest BCUT2D eigenvalue weighted by molar-refractivity contribution is 8.44. The van der Waals surface area contributed by atoms with Crippen molar-refractivity contribution in [1.29, 1.82) is 0 Å². The quantitative estimate of drug-likeness (QED) is 0.141. The van der Waals surface area contributed by atoms with Gasteiger partial charge in [0.25, 0.3) is 0 Å². The van der Waals surface area contributed by atoms with E-state index in [9.17, 15) is 19.1 Å². The number of anilines is 2. The van der Waals surface area contributed by atoms with E-state index >= 15 is 4.39 Å². The van der Waals surface area contributed by atoms with Crippen molar-refractivity contribution in [3.8, 4) is 0 Å². The van der Waals surface area contributed by atoms with Crippen molar-refractivity contribution in [2.45, 2.75) is 49.1 Å². The third-order valence-corrected chi connectivity index (χ3v) is 9.81. The molecule has 4 aromatic rings. The lowest BCUT2D eigenvalue weighted by molar-refractivity contribution is -0.0614. The molecule has 0 amide bonds. The summed E-state index contributed by atoms with van der Waals surface area (Å²) < 4.78 is 77.8. The van der Waals surface area contributed by atoms with Crippen molar-refractivity contribution in [1.82, 2.24) is 39.0 Å². The number of aliphatic hydroxyl groups is 1. The number of halogens is 1. The van der Waals surface area contributed by atoms with Gasteiger partial charge in [-0.05, 0) is 0 Å². The highest BCUT2D eigenvalue weighted by Gasteiger charge is 2.54. The van der Waals surface area contributed by atoms with Crippen LogP contribution in [0.3, 0.4) is 0 Å². The molecule has 3 aliphatic heterocycles. The summed E-state index contributed by atoms with van der Waals surface area (Å²) in [5.74, 6) is 0.101. The van der Waals surface area contributed by atoms with Crippen molar-refractivity contribution < 1.29 is 51.1 Å². The smallest absolute Gasteiger partial charge is 0.386 e. The molecule has 24 heteroatoms. The summed E-state index contributed by atoms with van der Waals surface area (Å²) in [5.41, 5.74) is 12.3. The van der Waals surface area contributed by atoms with Crippen LogP contribution in [-0.4, -0.2) is 98.9 Å². The van der Waals surface area contributed by atoms with Crippen LogP contribution in [-0.2, 0) is 36.7 Å². The molecule has 0 aliphatic carbocycles. The molecular formula is C20H23FN10O10P2S. The Balaban J connectivity index is 1.17. The molecule has 20 nitrogen and oxygen atoms in total. The van der Waals surface area contributed by atoms with Crippen molar-refractivity contribution in [2.24, 2.45) is 0 Å². The molecule has 10 atom stereocenters. The molecule has 6 N–H and O–H groups in total. The lowest BCUT2D eigenvalue weighted by atomic mass is 10.1. The van der Waals surface area contributed by atoms with Gasteiger partial charge in [0.05, 0.1) is 25.9 Å². The summed E-state index contributed by atoms with van der Waals surface area (Å²) in [4.78, 5) is 34.6. The molecule has 4 aromatic heterocycles. The molecule has 3 fully saturated rings. The van der Waals surface area contributed by atoms with Crippen molar-refractivity contribution in [2.75, 3.05) is 24.7 Å². The van der Waals surface area contributed by atoms with Crippen LogP contribution < -0.4 is 11.5 Å². The molecule has 1 unspecified atom stereocenters. The number of nitrogen functional groups attached to an aromatic ring is 2. The number of aromatic nitrogens is 8. The lowest BCUT2D eigenvalue weighted by Gasteiger charge is -2.28. The number of aliphatic hydroxyl groups excluding tert-OH is 1. The van der Waals surface area contributed by atoms with Gasteiger partial charge in [0.1, 0.15) is 54.2 Å². The molecule has 3 saturated heterocycles. The van der Waals surface area contributed by atoms with E-state index in [1.807, 2.05) is 0 Å². The first-order valence-electron chi connectivity index (χ1n) is 12.7. The molecule has 0 aromatic carbocycles. The SMILES string of the molecule is Nc1ncnc2c1ncn2[C@@H]1O[C@@H]2COP(=O)(O)O[C@H]3[C@@H](F)[C@H](n4cnc5c(N)ncnc54)O[C@@H]3CO[P@](=O)(S)O[C@H]2[C@H]1O. The first kappa shape index (κ1) is 29.8. The van der Waals surface area contributed by atoms with Crippen LogP contribution in [0, 0.1) is 0 Å². The Labute approximate surface area is 250 Å². The summed E-state index contributed by atoms with van der Waals surface area (Å²) >= 11 is 4.01. The summed E-state index contributed by atoms with van der Waals surface area (Å²) in [6.07, 6.45) is -7.71. The van der Waals surface area contributed by atoms with E-state index in [2.05, 4.69) is 42.2 Å². The predicted octanol–water partition coefficient (Wildman–Crippen LogP) is 0.280. The number of nitrogens with zero attached hydrogens (tertiary/aromatic N) is 8. The van der Waals surface area contributed by atoms with Crippen LogP contribution in [0.15, 0.2) is 25.3 Å². The number of fused-ring (bicyclic) bond motifs is 4. The van der Waals surface area contributed by atoms with E-state index in [4.69, 9.17) is 39.0 Å². The number of hydrogen-bond acceptors (Lipinski definition) is 17. The minimum atomic E-state index is -5.04. The zero-order valence-corrected chi connectivity index (χ0v) is 24.6. The predicted molar refractivity (Wildman–Crippen MR) is 146 cm³/mol. The maximum atomic E-state index is 15.9. The summed E-state index contributed by atoms with van der Waals surface area (Å²) in [6.45, 7) is -5.78. The van der Waals surface area contributed by atoms with E-state index in [0.717, 1.165) is 6.33 Å². The maximum absolute atomic E-state index is 15.9. The highest BCUT2D eigenvalue weighted by atomic mass is 32.7. The average Bonchev–Trinajstić information content (AvgIpc) is 3.73. The Bertz CT molecular complexity index is 1700. The van der Waals surface area contributed by atoms with E-state index < -0.39 is 77.0 Å². The highest BCUT2D eigenvalue weighted by Crippen LogP contribution is 2.58. The molecule has 0 bridgehead atoms. The van der Waals surface area contributed by atoms with Gasteiger partial charge in [-0.2, -0.15) is 0 Å². The first-order valence-corrected chi connectivity index (χ1v) is 16.9. The Morgan fingerprint density at radius 2 is 1.39 bits per heavy atom. The van der Waals surface area contributed by atoms with Crippen LogP contribution in [0.25, 0.3) is 22.3 Å². The van der Waals surface area contributed by atoms with E-state index in [0.29, 0.717) is 0 Å². The van der Waals surface area contributed by atoms with Gasteiger partial charge in [-0.1, -0.05) is 12.2 Å². The zero-order valence-electron chi connectivity index (χ0n) is 22.0. The molecule has 0 saturated carbocycles. The maximum Gasteiger partial charge on any atom is 0.472 e. The summed E-state index contributed by atoms with van der Waals surface area (Å²) in [7, 11) is -5.04. The fourth-order valence-corrected chi connectivity index (χ4v) is 7.65. The number of phosphoric ester groups is 1. The van der Waals surface area contributed by atoms with Gasteiger partial charge in [0.15, 0.2) is 41.6 Å². The van der Waals surface area contributed by atoms with E-state index in [1.54, 1.807) is 0 Å². The van der Waals surface area contributed by atoms with Crippen LogP contribution in [0.4, 0.5) is 16.0 Å². The Morgan fingerprint density at radius 3 is 2.02 bits per heavy atom. The topological polar surface area (TPSA) is 269 Å². The number of hydrogen-bond donors (Lipinski definition) is 5. The molecule has 7 heterocycles. The second-order valence-corrected chi connectivity index (χ2v) is 14.2. The fraction of sp³-hybridized carbons (Fsp3) is 0.500. The number of imidazole rings is 2. The van der Waals surface area contributed by atoms with Crippen molar-refractivity contribution in [3.63, 3.8) is 0 Å². The van der Waals surface area contributed by atoms with Crippen molar-refractivity contribution in [3.05, 3.63) is 25.3 Å². The number of nitrogens with two attached hydrogens (primary N) is 2. The Hall–Kier alpha value is -2.88. The molecule has 0 radical (unpaired) electrons. The summed E-state index contributed by atoms with van der Waals surface area (Å²) in [6, 6.07) is 0. The summed E-state index contributed by atoms with van der Waals surface area (Å²) in [5, 5.41) is 11.2. The van der Waals surface area contributed by atoms with Gasteiger partial charge >= 0.3 is 14.6 Å². The number of alkyl halides is 1. The van der Waals surface area contributed by atoms with Crippen LogP contribution >= 0.6 is 26.9 Å². The third-order valence-electron chi connectivity index (χ3n) is 7.21. The third kappa shape index (κ3) is 5.14. The normalized spacial score (nSPS) is 38.3. The fourth-order valence-electron chi connectivity index (χ4n) is 5.21. The minimum Gasteiger partial charge on any atom is -0.386 e. The van der Waals surface area contributed by atoms with Gasteiger partial charge in [-0.3, -0.25) is 27.2 Å². The Morgan fingerprint density at radius 1 is 0.841 bits per heavy atom. The first-order chi connectivity index (χ1) is 20.9. The molecule has 0 spiro atoms. The number of rotatable bonds is 2. The molecule has 3 aliphatic rings. The second-order valence-electron chi connectivity index (χ2n) is 9.90. The van der Waals surface area contributed by atoms with E-state index in [-0.39, 0.29) is 34.0 Å². The molecule has 44 heavy (non-hydrogen) atoms. The van der Waals surface area contributed by atoms with Crippen LogP contribution in [0.2, 0.25) is 0 Å². The Kier molecular flexibility index (Phi) is 7.37. The van der Waals surface area contributed by atoms with Gasteiger partial charge in [0.2, 0.25) is 0 Å². The average molecular weight is 676 g/mol. The lowest BCUT2D eigenvalue weighted by Crippen LogP contribution is -2.38. The minimum absolute atomic E-state index is 0.0328.